The van der Waals surface area contributed by atoms with E-state index in [1.807, 2.05) is 6.92 Å². The van der Waals surface area contributed by atoms with Gasteiger partial charge in [-0.1, -0.05) is 12.2 Å². The van der Waals surface area contributed by atoms with Gasteiger partial charge in [0.2, 0.25) is 0 Å². The number of fused-ring (bicyclic) bond motifs is 2. The van der Waals surface area contributed by atoms with Gasteiger partial charge in [0.1, 0.15) is 0 Å². The zero-order valence-electron chi connectivity index (χ0n) is 10.0. The quantitative estimate of drug-likeness (QED) is 0.427. The van der Waals surface area contributed by atoms with Crippen molar-refractivity contribution >= 4 is 5.97 Å². The summed E-state index contributed by atoms with van der Waals surface area (Å²) < 4.78 is 10.4. The molecule has 94 valence electrons. The number of carbonyl (C=O) groups excluding carboxylic acids is 1. The highest BCUT2D eigenvalue weighted by molar-refractivity contribution is 5.92. The van der Waals surface area contributed by atoms with Crippen molar-refractivity contribution in [2.24, 2.45) is 11.8 Å². The fourth-order valence-corrected chi connectivity index (χ4v) is 2.53. The highest BCUT2D eigenvalue weighted by Gasteiger charge is 2.38. The molecule has 0 radical (unpaired) electrons. The average molecular weight is 238 g/mol. The Morgan fingerprint density at radius 1 is 1.47 bits per heavy atom. The summed E-state index contributed by atoms with van der Waals surface area (Å²) in [5, 5.41) is 8.68. The number of aliphatic hydroxyl groups is 1. The number of hydrogen-bond acceptors (Lipinski definition) is 4. The number of rotatable bonds is 6. The molecule has 0 aliphatic heterocycles. The molecule has 2 aliphatic carbocycles. The molecule has 0 spiro atoms. The first-order valence-electron chi connectivity index (χ1n) is 6.05. The third-order valence-electron chi connectivity index (χ3n) is 3.24. The molecule has 4 nitrogen and oxygen atoms in total. The van der Waals surface area contributed by atoms with Crippen LogP contribution in [-0.4, -0.2) is 37.5 Å². The lowest BCUT2D eigenvalue weighted by Gasteiger charge is -2.15. The summed E-state index contributed by atoms with van der Waals surface area (Å²) in [5.74, 6) is 0.303. The van der Waals surface area contributed by atoms with Crippen molar-refractivity contribution in [3.8, 4) is 0 Å². The Kier molecular flexibility index (Phi) is 3.97. The Balaban J connectivity index is 2.08. The number of esters is 1. The summed E-state index contributed by atoms with van der Waals surface area (Å²) in [7, 11) is 0. The maximum absolute atomic E-state index is 11.9. The SMILES string of the molecule is CCOC(=O)C1=C(COCCO)[C@@H]2C=C[C@H]1C2. The highest BCUT2D eigenvalue weighted by atomic mass is 16.5. The first kappa shape index (κ1) is 12.3. The number of hydrogen-bond donors (Lipinski definition) is 1. The van der Waals surface area contributed by atoms with Crippen molar-refractivity contribution in [2.75, 3.05) is 26.4 Å². The van der Waals surface area contributed by atoms with Crippen LogP contribution in [0.2, 0.25) is 0 Å². The third-order valence-corrected chi connectivity index (χ3v) is 3.24. The van der Waals surface area contributed by atoms with Gasteiger partial charge in [0.05, 0.1) is 26.4 Å². The van der Waals surface area contributed by atoms with Crippen LogP contribution in [0.5, 0.6) is 0 Å². The van der Waals surface area contributed by atoms with Crippen LogP contribution in [-0.2, 0) is 14.3 Å². The lowest BCUT2D eigenvalue weighted by atomic mass is 9.97. The monoisotopic (exact) mass is 238 g/mol. The van der Waals surface area contributed by atoms with Crippen LogP contribution in [0.1, 0.15) is 13.3 Å². The number of allylic oxidation sites excluding steroid dienone is 2. The molecular weight excluding hydrogens is 220 g/mol. The van der Waals surface area contributed by atoms with E-state index in [1.54, 1.807) is 0 Å². The molecule has 0 saturated carbocycles. The first-order chi connectivity index (χ1) is 8.27. The van der Waals surface area contributed by atoms with Crippen molar-refractivity contribution in [1.82, 2.24) is 0 Å². The molecule has 2 bridgehead atoms. The third kappa shape index (κ3) is 2.42. The molecule has 2 rings (SSSR count). The van der Waals surface area contributed by atoms with Gasteiger partial charge in [0.25, 0.3) is 0 Å². The Morgan fingerprint density at radius 3 is 2.94 bits per heavy atom. The number of aliphatic hydroxyl groups excluding tert-OH is 1. The second kappa shape index (κ2) is 5.47. The maximum atomic E-state index is 11.9. The van der Waals surface area contributed by atoms with Gasteiger partial charge >= 0.3 is 5.97 Å². The van der Waals surface area contributed by atoms with E-state index in [-0.39, 0.29) is 18.5 Å². The van der Waals surface area contributed by atoms with Crippen molar-refractivity contribution in [2.45, 2.75) is 13.3 Å². The molecule has 0 saturated heterocycles. The van der Waals surface area contributed by atoms with Gasteiger partial charge in [-0.2, -0.15) is 0 Å². The topological polar surface area (TPSA) is 55.8 Å². The molecule has 2 atom stereocenters. The fraction of sp³-hybridized carbons (Fsp3) is 0.615. The second-order valence-corrected chi connectivity index (χ2v) is 4.27. The van der Waals surface area contributed by atoms with E-state index in [1.165, 1.54) is 0 Å². The summed E-state index contributed by atoms with van der Waals surface area (Å²) in [6.07, 6.45) is 5.17. The maximum Gasteiger partial charge on any atom is 0.334 e. The average Bonchev–Trinajstić information content (AvgIpc) is 2.90. The minimum Gasteiger partial charge on any atom is -0.463 e. The zero-order chi connectivity index (χ0) is 12.3. The van der Waals surface area contributed by atoms with E-state index < -0.39 is 0 Å². The Bertz CT molecular complexity index is 356. The van der Waals surface area contributed by atoms with Gasteiger partial charge in [-0.15, -0.1) is 0 Å². The molecule has 4 heteroatoms. The van der Waals surface area contributed by atoms with E-state index in [4.69, 9.17) is 14.6 Å². The van der Waals surface area contributed by atoms with Crippen LogP contribution >= 0.6 is 0 Å². The molecule has 0 aromatic rings. The highest BCUT2D eigenvalue weighted by Crippen LogP contribution is 2.44. The second-order valence-electron chi connectivity index (χ2n) is 4.27. The van der Waals surface area contributed by atoms with Crippen LogP contribution < -0.4 is 0 Å². The van der Waals surface area contributed by atoms with Crippen LogP contribution in [0, 0.1) is 11.8 Å². The van der Waals surface area contributed by atoms with E-state index in [2.05, 4.69) is 12.2 Å². The predicted molar refractivity (Wildman–Crippen MR) is 62.3 cm³/mol. The Hall–Kier alpha value is -1.13. The van der Waals surface area contributed by atoms with Crippen LogP contribution in [0.15, 0.2) is 23.3 Å². The first-order valence-corrected chi connectivity index (χ1v) is 6.05. The molecular formula is C13H18O4. The molecule has 0 aromatic heterocycles. The predicted octanol–water partition coefficient (Wildman–Crippen LogP) is 1.06. The van der Waals surface area contributed by atoms with Gasteiger partial charge in [0, 0.05) is 17.4 Å². The van der Waals surface area contributed by atoms with Crippen LogP contribution in [0.3, 0.4) is 0 Å². The van der Waals surface area contributed by atoms with Crippen molar-refractivity contribution in [3.63, 3.8) is 0 Å². The molecule has 0 heterocycles. The van der Waals surface area contributed by atoms with Crippen LogP contribution in [0.25, 0.3) is 0 Å². The lowest BCUT2D eigenvalue weighted by Crippen LogP contribution is -2.16. The van der Waals surface area contributed by atoms with Gasteiger partial charge in [-0.3, -0.25) is 0 Å². The normalized spacial score (nSPS) is 25.8. The van der Waals surface area contributed by atoms with Crippen molar-refractivity contribution in [3.05, 3.63) is 23.3 Å². The standard InChI is InChI=1S/C13H18O4/c1-2-17-13(15)12-10-4-3-9(7-10)11(12)8-16-6-5-14/h3-4,9-10,14H,2,5-8H2,1H3/t9-,10+/m1/s1. The summed E-state index contributed by atoms with van der Waals surface area (Å²) in [6.45, 7) is 2.94. The zero-order valence-corrected chi connectivity index (χ0v) is 10.0. The number of carbonyl (C=O) groups is 1. The summed E-state index contributed by atoms with van der Waals surface area (Å²) >= 11 is 0. The summed E-state index contributed by atoms with van der Waals surface area (Å²) in [5.41, 5.74) is 1.81. The summed E-state index contributed by atoms with van der Waals surface area (Å²) in [6, 6.07) is 0. The molecule has 0 fully saturated rings. The lowest BCUT2D eigenvalue weighted by molar-refractivity contribution is -0.139. The van der Waals surface area contributed by atoms with E-state index in [9.17, 15) is 4.79 Å². The molecule has 1 N–H and O–H groups in total. The molecule has 0 amide bonds. The Morgan fingerprint density at radius 2 is 2.24 bits per heavy atom. The molecule has 0 aromatic carbocycles. The minimum atomic E-state index is -0.216. The minimum absolute atomic E-state index is 0.00591. The molecule has 0 unspecified atom stereocenters. The fourth-order valence-electron chi connectivity index (χ4n) is 2.53. The van der Waals surface area contributed by atoms with Crippen molar-refractivity contribution in [1.29, 1.82) is 0 Å². The smallest absolute Gasteiger partial charge is 0.334 e. The number of ether oxygens (including phenoxy) is 2. The molecule has 2 aliphatic rings. The van der Waals surface area contributed by atoms with Crippen molar-refractivity contribution < 1.29 is 19.4 Å². The van der Waals surface area contributed by atoms with E-state index in [0.717, 1.165) is 17.6 Å². The Labute approximate surface area is 101 Å². The largest absolute Gasteiger partial charge is 0.463 e. The van der Waals surface area contributed by atoms with E-state index >= 15 is 0 Å². The van der Waals surface area contributed by atoms with Gasteiger partial charge in [-0.05, 0) is 18.9 Å². The van der Waals surface area contributed by atoms with E-state index in [0.29, 0.717) is 25.7 Å². The van der Waals surface area contributed by atoms with Gasteiger partial charge < -0.3 is 14.6 Å². The summed E-state index contributed by atoms with van der Waals surface area (Å²) in [4.78, 5) is 11.9. The molecule has 17 heavy (non-hydrogen) atoms. The van der Waals surface area contributed by atoms with Gasteiger partial charge in [-0.25, -0.2) is 4.79 Å². The van der Waals surface area contributed by atoms with Crippen LogP contribution in [0.4, 0.5) is 0 Å². The van der Waals surface area contributed by atoms with Gasteiger partial charge in [0.15, 0.2) is 0 Å².